The smallest absolute Gasteiger partial charge is 0.0961 e. The Balaban J connectivity index is 3.68. The van der Waals surface area contributed by atoms with Crippen LogP contribution in [-0.2, 0) is 0 Å². The fourth-order valence-electron chi connectivity index (χ4n) is 0.668. The molecule has 0 saturated heterocycles. The average Bonchev–Trinajstić information content (AvgIpc) is 1.82. The Hall–Kier alpha value is -0.440. The quantitative estimate of drug-likeness (QED) is 0.574. The van der Waals surface area contributed by atoms with E-state index in [1.807, 2.05) is 6.92 Å². The molecule has 9 heavy (non-hydrogen) atoms. The SMILES string of the molecule is CCC(N=NC)[C@H](C)O. The Labute approximate surface area is 55.8 Å². The maximum Gasteiger partial charge on any atom is 0.0961 e. The minimum absolute atomic E-state index is 0.0185. The molecule has 0 aliphatic heterocycles. The number of hydrogen-bond acceptors (Lipinski definition) is 3. The van der Waals surface area contributed by atoms with Gasteiger partial charge in [0.15, 0.2) is 0 Å². The standard InChI is InChI=1S/C6H14N2O/c1-4-6(5(2)9)8-7-3/h5-6,9H,4H2,1-3H3/t5-,6?/m0/s1. The summed E-state index contributed by atoms with van der Waals surface area (Å²) in [6.07, 6.45) is 0.466. The molecule has 1 N–H and O–H groups in total. The van der Waals surface area contributed by atoms with Gasteiger partial charge in [-0.25, -0.2) is 0 Å². The normalized spacial score (nSPS) is 18.2. The van der Waals surface area contributed by atoms with Gasteiger partial charge in [-0.1, -0.05) is 6.92 Å². The molecule has 0 amide bonds. The van der Waals surface area contributed by atoms with E-state index in [1.165, 1.54) is 0 Å². The molecule has 54 valence electrons. The Morgan fingerprint density at radius 1 is 1.56 bits per heavy atom. The highest BCUT2D eigenvalue weighted by Gasteiger charge is 2.09. The van der Waals surface area contributed by atoms with E-state index in [0.29, 0.717) is 0 Å². The van der Waals surface area contributed by atoms with Crippen molar-refractivity contribution in [3.63, 3.8) is 0 Å². The van der Waals surface area contributed by atoms with Gasteiger partial charge in [0, 0.05) is 7.05 Å². The minimum Gasteiger partial charge on any atom is -0.391 e. The van der Waals surface area contributed by atoms with E-state index < -0.39 is 0 Å². The van der Waals surface area contributed by atoms with Gasteiger partial charge in [-0.2, -0.15) is 10.2 Å². The van der Waals surface area contributed by atoms with Crippen molar-refractivity contribution in [3.05, 3.63) is 0 Å². The highest BCUT2D eigenvalue weighted by atomic mass is 16.3. The average molecular weight is 130 g/mol. The lowest BCUT2D eigenvalue weighted by Crippen LogP contribution is -2.18. The van der Waals surface area contributed by atoms with E-state index in [9.17, 15) is 0 Å². The summed E-state index contributed by atoms with van der Waals surface area (Å²) in [6.45, 7) is 3.70. The summed E-state index contributed by atoms with van der Waals surface area (Å²) >= 11 is 0. The first-order valence-electron chi connectivity index (χ1n) is 3.19. The first kappa shape index (κ1) is 8.56. The summed E-state index contributed by atoms with van der Waals surface area (Å²) in [5, 5.41) is 16.4. The molecular weight excluding hydrogens is 116 g/mol. The van der Waals surface area contributed by atoms with E-state index in [0.717, 1.165) is 6.42 Å². The van der Waals surface area contributed by atoms with Gasteiger partial charge >= 0.3 is 0 Å². The number of hydrogen-bond donors (Lipinski definition) is 1. The van der Waals surface area contributed by atoms with Crippen LogP contribution in [0.5, 0.6) is 0 Å². The van der Waals surface area contributed by atoms with Crippen molar-refractivity contribution in [2.24, 2.45) is 10.2 Å². The summed E-state index contributed by atoms with van der Waals surface area (Å²) in [4.78, 5) is 0. The molecule has 3 nitrogen and oxygen atoms in total. The van der Waals surface area contributed by atoms with Gasteiger partial charge in [0.05, 0.1) is 12.1 Å². The maximum atomic E-state index is 8.99. The van der Waals surface area contributed by atoms with Crippen molar-refractivity contribution in [2.75, 3.05) is 7.05 Å². The predicted octanol–water partition coefficient (Wildman–Crippen LogP) is 1.23. The molecule has 0 spiro atoms. The van der Waals surface area contributed by atoms with Gasteiger partial charge in [0.25, 0.3) is 0 Å². The second kappa shape index (κ2) is 4.44. The lowest BCUT2D eigenvalue weighted by atomic mass is 10.1. The van der Waals surface area contributed by atoms with Gasteiger partial charge in [-0.15, -0.1) is 0 Å². The van der Waals surface area contributed by atoms with Crippen LogP contribution in [0.3, 0.4) is 0 Å². The van der Waals surface area contributed by atoms with Crippen LogP contribution in [0, 0.1) is 0 Å². The minimum atomic E-state index is -0.376. The summed E-state index contributed by atoms with van der Waals surface area (Å²) in [5.41, 5.74) is 0. The number of nitrogens with zero attached hydrogens (tertiary/aromatic N) is 2. The Bertz CT molecular complexity index is 91.1. The van der Waals surface area contributed by atoms with Crippen LogP contribution in [0.25, 0.3) is 0 Å². The third kappa shape index (κ3) is 3.19. The fourth-order valence-corrected chi connectivity index (χ4v) is 0.668. The molecule has 0 aliphatic carbocycles. The summed E-state index contributed by atoms with van der Waals surface area (Å²) in [7, 11) is 1.62. The molecule has 0 aromatic carbocycles. The molecule has 1 unspecified atom stereocenters. The van der Waals surface area contributed by atoms with Crippen molar-refractivity contribution in [3.8, 4) is 0 Å². The van der Waals surface area contributed by atoms with Crippen molar-refractivity contribution in [2.45, 2.75) is 32.4 Å². The Kier molecular flexibility index (Phi) is 4.22. The van der Waals surface area contributed by atoms with Crippen LogP contribution >= 0.6 is 0 Å². The van der Waals surface area contributed by atoms with Gasteiger partial charge in [0.1, 0.15) is 0 Å². The summed E-state index contributed by atoms with van der Waals surface area (Å²) in [6, 6.07) is -0.0185. The molecule has 0 fully saturated rings. The molecule has 2 atom stereocenters. The summed E-state index contributed by atoms with van der Waals surface area (Å²) in [5.74, 6) is 0. The van der Waals surface area contributed by atoms with Crippen molar-refractivity contribution in [1.82, 2.24) is 0 Å². The van der Waals surface area contributed by atoms with Gasteiger partial charge in [-0.3, -0.25) is 0 Å². The van der Waals surface area contributed by atoms with Gasteiger partial charge in [0.2, 0.25) is 0 Å². The van der Waals surface area contributed by atoms with E-state index in [4.69, 9.17) is 5.11 Å². The number of aliphatic hydroxyl groups excluding tert-OH is 1. The molecule has 0 heterocycles. The lowest BCUT2D eigenvalue weighted by molar-refractivity contribution is 0.159. The van der Waals surface area contributed by atoms with Crippen LogP contribution in [0.2, 0.25) is 0 Å². The zero-order valence-corrected chi connectivity index (χ0v) is 6.20. The zero-order valence-electron chi connectivity index (χ0n) is 6.20. The maximum absolute atomic E-state index is 8.99. The van der Waals surface area contributed by atoms with Crippen LogP contribution in [0.4, 0.5) is 0 Å². The Morgan fingerprint density at radius 3 is 2.22 bits per heavy atom. The van der Waals surface area contributed by atoms with E-state index in [1.54, 1.807) is 14.0 Å². The molecule has 0 saturated carbocycles. The molecule has 0 aliphatic rings. The predicted molar refractivity (Wildman–Crippen MR) is 36.5 cm³/mol. The first-order chi connectivity index (χ1) is 4.22. The molecule has 0 radical (unpaired) electrons. The monoisotopic (exact) mass is 130 g/mol. The van der Waals surface area contributed by atoms with E-state index >= 15 is 0 Å². The van der Waals surface area contributed by atoms with Crippen LogP contribution in [-0.4, -0.2) is 24.3 Å². The van der Waals surface area contributed by atoms with E-state index in [-0.39, 0.29) is 12.1 Å². The topological polar surface area (TPSA) is 45.0 Å². The van der Waals surface area contributed by atoms with Gasteiger partial charge < -0.3 is 5.11 Å². The molecular formula is C6H14N2O. The second-order valence-electron chi connectivity index (χ2n) is 2.03. The molecule has 3 heteroatoms. The highest BCUT2D eigenvalue weighted by Crippen LogP contribution is 2.02. The number of azo groups is 1. The van der Waals surface area contributed by atoms with Gasteiger partial charge in [-0.05, 0) is 13.3 Å². The molecule has 0 rings (SSSR count). The van der Waals surface area contributed by atoms with Crippen molar-refractivity contribution in [1.29, 1.82) is 0 Å². The number of rotatable bonds is 3. The van der Waals surface area contributed by atoms with Crippen molar-refractivity contribution < 1.29 is 5.11 Å². The van der Waals surface area contributed by atoms with E-state index in [2.05, 4.69) is 10.2 Å². The second-order valence-corrected chi connectivity index (χ2v) is 2.03. The zero-order chi connectivity index (χ0) is 7.28. The first-order valence-corrected chi connectivity index (χ1v) is 3.19. The summed E-state index contributed by atoms with van der Waals surface area (Å²) < 4.78 is 0. The number of aliphatic hydroxyl groups is 1. The highest BCUT2D eigenvalue weighted by molar-refractivity contribution is 4.67. The van der Waals surface area contributed by atoms with Crippen LogP contribution in [0.15, 0.2) is 10.2 Å². The molecule has 0 aromatic heterocycles. The lowest BCUT2D eigenvalue weighted by Gasteiger charge is -2.09. The molecule has 0 bridgehead atoms. The largest absolute Gasteiger partial charge is 0.391 e. The fraction of sp³-hybridized carbons (Fsp3) is 1.00. The van der Waals surface area contributed by atoms with Crippen LogP contribution in [0.1, 0.15) is 20.3 Å². The molecule has 0 aromatic rings. The van der Waals surface area contributed by atoms with Crippen LogP contribution < -0.4 is 0 Å². The third-order valence-electron chi connectivity index (χ3n) is 1.24. The van der Waals surface area contributed by atoms with Crippen molar-refractivity contribution >= 4 is 0 Å². The third-order valence-corrected chi connectivity index (χ3v) is 1.24. The Morgan fingerprint density at radius 2 is 2.11 bits per heavy atom.